The molecule has 0 radical (unpaired) electrons. The Morgan fingerprint density at radius 2 is 1.92 bits per heavy atom. The van der Waals surface area contributed by atoms with Gasteiger partial charge in [0.15, 0.2) is 0 Å². The van der Waals surface area contributed by atoms with E-state index in [1.807, 2.05) is 24.2 Å². The summed E-state index contributed by atoms with van der Waals surface area (Å²) in [5.74, 6) is 0.0462. The number of amides is 1. The van der Waals surface area contributed by atoms with Crippen molar-refractivity contribution >= 4 is 17.5 Å². The van der Waals surface area contributed by atoms with Crippen molar-refractivity contribution in [2.75, 3.05) is 39.4 Å². The summed E-state index contributed by atoms with van der Waals surface area (Å²) < 4.78 is 7.46. The molecule has 0 spiro atoms. The maximum absolute atomic E-state index is 13.0. The quantitative estimate of drug-likeness (QED) is 0.746. The number of carbonyl (C=O) groups excluding carboxylic acids is 1. The summed E-state index contributed by atoms with van der Waals surface area (Å²) in [4.78, 5) is 17.3. The van der Waals surface area contributed by atoms with Crippen LogP contribution in [0.3, 0.4) is 0 Å². The standard InChI is InChI=1S/C20H26ClN3O2/c1-22-9-2-4-19(22)16-24(11-3-10-23-12-14-26-15-13-23)20(25)17-5-7-18(21)8-6-17/h2,4-9H,3,10-16H2,1H3. The molecule has 1 aromatic heterocycles. The Kier molecular flexibility index (Phi) is 6.72. The summed E-state index contributed by atoms with van der Waals surface area (Å²) in [7, 11) is 2.01. The van der Waals surface area contributed by atoms with E-state index in [0.29, 0.717) is 17.1 Å². The third-order valence-corrected chi connectivity index (χ3v) is 5.04. The van der Waals surface area contributed by atoms with Crippen LogP contribution in [-0.4, -0.2) is 59.7 Å². The van der Waals surface area contributed by atoms with Crippen LogP contribution in [0.25, 0.3) is 0 Å². The minimum Gasteiger partial charge on any atom is -0.379 e. The topological polar surface area (TPSA) is 37.7 Å². The van der Waals surface area contributed by atoms with Gasteiger partial charge in [-0.25, -0.2) is 0 Å². The Bertz CT molecular complexity index is 708. The van der Waals surface area contributed by atoms with Gasteiger partial charge in [0.05, 0.1) is 19.8 Å². The zero-order valence-electron chi connectivity index (χ0n) is 15.2. The van der Waals surface area contributed by atoms with E-state index in [-0.39, 0.29) is 5.91 Å². The summed E-state index contributed by atoms with van der Waals surface area (Å²) in [6, 6.07) is 11.2. The lowest BCUT2D eigenvalue weighted by atomic mass is 10.2. The van der Waals surface area contributed by atoms with Crippen molar-refractivity contribution in [1.82, 2.24) is 14.4 Å². The van der Waals surface area contributed by atoms with Crippen molar-refractivity contribution in [3.63, 3.8) is 0 Å². The van der Waals surface area contributed by atoms with Gasteiger partial charge in [-0.2, -0.15) is 0 Å². The van der Waals surface area contributed by atoms with Gasteiger partial charge in [0.2, 0.25) is 0 Å². The van der Waals surface area contributed by atoms with Gasteiger partial charge in [-0.15, -0.1) is 0 Å². The zero-order valence-corrected chi connectivity index (χ0v) is 16.0. The second kappa shape index (κ2) is 9.21. The lowest BCUT2D eigenvalue weighted by Gasteiger charge is -2.28. The first-order chi connectivity index (χ1) is 12.6. The summed E-state index contributed by atoms with van der Waals surface area (Å²) in [5, 5.41) is 0.642. The zero-order chi connectivity index (χ0) is 18.4. The molecule has 6 heteroatoms. The fraction of sp³-hybridized carbons (Fsp3) is 0.450. The van der Waals surface area contributed by atoms with Crippen molar-refractivity contribution in [3.05, 3.63) is 58.9 Å². The molecule has 1 saturated heterocycles. The fourth-order valence-electron chi connectivity index (χ4n) is 3.19. The summed E-state index contributed by atoms with van der Waals surface area (Å²) >= 11 is 5.96. The van der Waals surface area contributed by atoms with E-state index < -0.39 is 0 Å². The predicted octanol–water partition coefficient (Wildman–Crippen LogP) is 3.04. The Morgan fingerprint density at radius 1 is 1.19 bits per heavy atom. The van der Waals surface area contributed by atoms with Crippen LogP contribution in [0, 0.1) is 0 Å². The van der Waals surface area contributed by atoms with E-state index in [1.54, 1.807) is 24.3 Å². The molecule has 1 aliphatic rings. The highest BCUT2D eigenvalue weighted by Crippen LogP contribution is 2.14. The van der Waals surface area contributed by atoms with Gasteiger partial charge in [0.1, 0.15) is 0 Å². The van der Waals surface area contributed by atoms with Gasteiger partial charge in [0.25, 0.3) is 5.91 Å². The van der Waals surface area contributed by atoms with Crippen LogP contribution < -0.4 is 0 Å². The molecule has 0 N–H and O–H groups in total. The number of benzene rings is 1. The summed E-state index contributed by atoms with van der Waals surface area (Å²) in [6.07, 6.45) is 2.96. The molecule has 1 aliphatic heterocycles. The second-order valence-corrected chi connectivity index (χ2v) is 7.09. The maximum atomic E-state index is 13.0. The van der Waals surface area contributed by atoms with Crippen LogP contribution in [0.15, 0.2) is 42.6 Å². The SMILES string of the molecule is Cn1cccc1CN(CCCN1CCOCC1)C(=O)c1ccc(Cl)cc1. The van der Waals surface area contributed by atoms with Crippen molar-refractivity contribution in [3.8, 4) is 0 Å². The van der Waals surface area contributed by atoms with Gasteiger partial charge < -0.3 is 14.2 Å². The number of hydrogen-bond acceptors (Lipinski definition) is 3. The first kappa shape index (κ1) is 19.0. The number of ether oxygens (including phenoxy) is 1. The third-order valence-electron chi connectivity index (χ3n) is 4.79. The number of aromatic nitrogens is 1. The van der Waals surface area contributed by atoms with E-state index in [0.717, 1.165) is 51.5 Å². The number of morpholine rings is 1. The van der Waals surface area contributed by atoms with Crippen LogP contribution in [0.4, 0.5) is 0 Å². The highest BCUT2D eigenvalue weighted by molar-refractivity contribution is 6.30. The van der Waals surface area contributed by atoms with E-state index in [1.165, 1.54) is 0 Å². The number of rotatable bonds is 7. The molecule has 0 atom stereocenters. The Labute approximate surface area is 160 Å². The van der Waals surface area contributed by atoms with Crippen molar-refractivity contribution in [1.29, 1.82) is 0 Å². The number of halogens is 1. The van der Waals surface area contributed by atoms with Crippen LogP contribution in [0.2, 0.25) is 5.02 Å². The first-order valence-corrected chi connectivity index (χ1v) is 9.46. The molecular weight excluding hydrogens is 350 g/mol. The average molecular weight is 376 g/mol. The van der Waals surface area contributed by atoms with Crippen LogP contribution in [0.5, 0.6) is 0 Å². The van der Waals surface area contributed by atoms with Gasteiger partial charge >= 0.3 is 0 Å². The molecule has 1 aromatic carbocycles. The van der Waals surface area contributed by atoms with E-state index in [4.69, 9.17) is 16.3 Å². The molecule has 1 amide bonds. The smallest absolute Gasteiger partial charge is 0.254 e. The molecule has 2 heterocycles. The minimum atomic E-state index is 0.0462. The maximum Gasteiger partial charge on any atom is 0.254 e. The van der Waals surface area contributed by atoms with Gasteiger partial charge in [0, 0.05) is 55.7 Å². The Morgan fingerprint density at radius 3 is 2.58 bits per heavy atom. The molecule has 0 saturated carbocycles. The monoisotopic (exact) mass is 375 g/mol. The predicted molar refractivity (Wildman–Crippen MR) is 103 cm³/mol. The molecule has 2 aromatic rings. The number of nitrogens with zero attached hydrogens (tertiary/aromatic N) is 3. The van der Waals surface area contributed by atoms with Crippen LogP contribution in [0.1, 0.15) is 22.5 Å². The van der Waals surface area contributed by atoms with Gasteiger partial charge in [-0.1, -0.05) is 11.6 Å². The minimum absolute atomic E-state index is 0.0462. The average Bonchev–Trinajstić information content (AvgIpc) is 3.06. The second-order valence-electron chi connectivity index (χ2n) is 6.65. The molecule has 1 fully saturated rings. The van der Waals surface area contributed by atoms with Crippen molar-refractivity contribution in [2.45, 2.75) is 13.0 Å². The lowest BCUT2D eigenvalue weighted by Crippen LogP contribution is -2.39. The van der Waals surface area contributed by atoms with Gasteiger partial charge in [-0.05, 0) is 42.8 Å². The normalized spacial score (nSPS) is 15.2. The van der Waals surface area contributed by atoms with E-state index >= 15 is 0 Å². The molecular formula is C20H26ClN3O2. The van der Waals surface area contributed by atoms with E-state index in [9.17, 15) is 4.79 Å². The van der Waals surface area contributed by atoms with Crippen LogP contribution >= 0.6 is 11.6 Å². The Balaban J connectivity index is 1.65. The molecule has 3 rings (SSSR count). The van der Waals surface area contributed by atoms with Crippen LogP contribution in [-0.2, 0) is 18.3 Å². The fourth-order valence-corrected chi connectivity index (χ4v) is 3.32. The number of hydrogen-bond donors (Lipinski definition) is 0. The van der Waals surface area contributed by atoms with Gasteiger partial charge in [-0.3, -0.25) is 9.69 Å². The van der Waals surface area contributed by atoms with E-state index in [2.05, 4.69) is 15.5 Å². The molecule has 0 aliphatic carbocycles. The number of aryl methyl sites for hydroxylation is 1. The highest BCUT2D eigenvalue weighted by atomic mass is 35.5. The number of carbonyl (C=O) groups is 1. The molecule has 140 valence electrons. The molecule has 5 nitrogen and oxygen atoms in total. The lowest BCUT2D eigenvalue weighted by molar-refractivity contribution is 0.0355. The summed E-state index contributed by atoms with van der Waals surface area (Å²) in [5.41, 5.74) is 1.80. The summed E-state index contributed by atoms with van der Waals surface area (Å²) in [6.45, 7) is 5.87. The molecule has 0 unspecified atom stereocenters. The molecule has 0 bridgehead atoms. The molecule has 26 heavy (non-hydrogen) atoms. The third kappa shape index (κ3) is 5.10. The first-order valence-electron chi connectivity index (χ1n) is 9.08. The highest BCUT2D eigenvalue weighted by Gasteiger charge is 2.18. The van der Waals surface area contributed by atoms with Crippen molar-refractivity contribution in [2.24, 2.45) is 7.05 Å². The van der Waals surface area contributed by atoms with Crippen molar-refractivity contribution < 1.29 is 9.53 Å². The Hall–Kier alpha value is -1.82. The largest absolute Gasteiger partial charge is 0.379 e.